The molecule has 1 saturated heterocycles. The first-order valence-electron chi connectivity index (χ1n) is 8.64. The molecule has 0 aromatic heterocycles. The summed E-state index contributed by atoms with van der Waals surface area (Å²) in [5, 5.41) is 13.6. The Bertz CT molecular complexity index is 792. The van der Waals surface area contributed by atoms with Gasteiger partial charge in [0.1, 0.15) is 11.0 Å². The second kappa shape index (κ2) is 8.38. The molecule has 2 amide bonds. The molecule has 2 heterocycles. The smallest absolute Gasteiger partial charge is 0.273 e. The fourth-order valence-electron chi connectivity index (χ4n) is 3.00. The van der Waals surface area contributed by atoms with Gasteiger partial charge < -0.3 is 15.0 Å². The molecule has 1 aromatic carbocycles. The lowest BCUT2D eigenvalue weighted by molar-refractivity contribution is -0.384. The molecule has 2 aliphatic rings. The number of aliphatic imine (C=N–C) groups is 1. The highest BCUT2D eigenvalue weighted by molar-refractivity contribution is 8.15. The number of methoxy groups -OCH3 is 1. The van der Waals surface area contributed by atoms with Crippen molar-refractivity contribution in [2.45, 2.75) is 30.9 Å². The van der Waals surface area contributed by atoms with Gasteiger partial charge in [0.05, 0.1) is 23.8 Å². The third-order valence-electron chi connectivity index (χ3n) is 4.40. The van der Waals surface area contributed by atoms with Crippen LogP contribution >= 0.6 is 11.8 Å². The fourth-order valence-corrected chi connectivity index (χ4v) is 4.11. The van der Waals surface area contributed by atoms with Gasteiger partial charge in [-0.15, -0.1) is 0 Å². The fraction of sp³-hybridized carbons (Fsp3) is 0.471. The average Bonchev–Trinajstić information content (AvgIpc) is 3.03. The summed E-state index contributed by atoms with van der Waals surface area (Å²) < 4.78 is 5.10. The number of carbonyl (C=O) groups excluding carboxylic acids is 2. The van der Waals surface area contributed by atoms with E-state index in [1.807, 2.05) is 0 Å². The number of benzene rings is 1. The Kier molecular flexibility index (Phi) is 5.94. The Morgan fingerprint density at radius 3 is 2.81 bits per heavy atom. The second-order valence-corrected chi connectivity index (χ2v) is 7.45. The summed E-state index contributed by atoms with van der Waals surface area (Å²) in [5.74, 6) is -0.484. The van der Waals surface area contributed by atoms with Crippen LogP contribution in [0.25, 0.3) is 0 Å². The minimum atomic E-state index is -0.550. The van der Waals surface area contributed by atoms with Gasteiger partial charge in [-0.1, -0.05) is 11.8 Å². The molecular weight excluding hydrogens is 372 g/mol. The van der Waals surface area contributed by atoms with Gasteiger partial charge in [-0.2, -0.15) is 4.99 Å². The number of hydrogen-bond donors (Lipinski definition) is 1. The first kappa shape index (κ1) is 19.2. The standard InChI is InChI=1S/C17H20N4O5S/c1-26-13-9-11(21(24)25)5-6-12(13)18-15(22)10-14-16(23)19-17(27-14)20-7-3-2-4-8-20/h5-6,9,14H,2-4,7-8,10H2,1H3,(H,18,22). The van der Waals surface area contributed by atoms with Crippen LogP contribution in [0.2, 0.25) is 0 Å². The van der Waals surface area contributed by atoms with Gasteiger partial charge in [-0.05, 0) is 25.3 Å². The normalized spacial score (nSPS) is 19.6. The van der Waals surface area contributed by atoms with Crippen LogP contribution in [0.4, 0.5) is 11.4 Å². The van der Waals surface area contributed by atoms with Crippen molar-refractivity contribution in [3.8, 4) is 5.75 Å². The van der Waals surface area contributed by atoms with Crippen molar-refractivity contribution >= 4 is 40.1 Å². The first-order chi connectivity index (χ1) is 13.0. The molecule has 144 valence electrons. The molecule has 9 nitrogen and oxygen atoms in total. The van der Waals surface area contributed by atoms with Gasteiger partial charge in [0.25, 0.3) is 11.6 Å². The Hall–Kier alpha value is -2.62. The number of amides is 2. The molecule has 2 aliphatic heterocycles. The molecule has 0 saturated carbocycles. The Morgan fingerprint density at radius 1 is 1.41 bits per heavy atom. The van der Waals surface area contributed by atoms with Gasteiger partial charge in [-0.3, -0.25) is 19.7 Å². The predicted octanol–water partition coefficient (Wildman–Crippen LogP) is 2.42. The Labute approximate surface area is 160 Å². The quantitative estimate of drug-likeness (QED) is 0.604. The van der Waals surface area contributed by atoms with Crippen molar-refractivity contribution in [3.05, 3.63) is 28.3 Å². The van der Waals surface area contributed by atoms with Gasteiger partial charge in [0.15, 0.2) is 5.17 Å². The first-order valence-corrected chi connectivity index (χ1v) is 9.52. The van der Waals surface area contributed by atoms with Crippen molar-refractivity contribution in [2.75, 3.05) is 25.5 Å². The maximum Gasteiger partial charge on any atom is 0.273 e. The highest BCUT2D eigenvalue weighted by atomic mass is 32.2. The molecule has 1 aromatic rings. The average molecular weight is 392 g/mol. The largest absolute Gasteiger partial charge is 0.494 e. The summed E-state index contributed by atoms with van der Waals surface area (Å²) >= 11 is 1.33. The van der Waals surface area contributed by atoms with Crippen molar-refractivity contribution < 1.29 is 19.2 Å². The van der Waals surface area contributed by atoms with Crippen LogP contribution in [0.3, 0.4) is 0 Å². The number of amidine groups is 1. The van der Waals surface area contributed by atoms with Gasteiger partial charge in [0.2, 0.25) is 5.91 Å². The number of hydrogen-bond acceptors (Lipinski definition) is 7. The van der Waals surface area contributed by atoms with E-state index in [1.54, 1.807) is 0 Å². The highest BCUT2D eigenvalue weighted by Gasteiger charge is 2.33. The van der Waals surface area contributed by atoms with Crippen LogP contribution in [0.1, 0.15) is 25.7 Å². The van der Waals surface area contributed by atoms with E-state index in [1.165, 1.54) is 43.5 Å². The summed E-state index contributed by atoms with van der Waals surface area (Å²) in [4.78, 5) is 41.0. The summed E-state index contributed by atoms with van der Waals surface area (Å²) in [6.07, 6.45) is 3.33. The molecule has 0 radical (unpaired) electrons. The predicted molar refractivity (Wildman–Crippen MR) is 102 cm³/mol. The lowest BCUT2D eigenvalue weighted by atomic mass is 10.1. The zero-order chi connectivity index (χ0) is 19.4. The minimum Gasteiger partial charge on any atom is -0.494 e. The number of nitro groups is 1. The molecule has 1 atom stereocenters. The Balaban J connectivity index is 1.60. The van der Waals surface area contributed by atoms with Crippen LogP contribution < -0.4 is 10.1 Å². The Morgan fingerprint density at radius 2 is 2.15 bits per heavy atom. The molecule has 0 bridgehead atoms. The minimum absolute atomic E-state index is 0.0233. The number of nitro benzene ring substituents is 1. The second-order valence-electron chi connectivity index (χ2n) is 6.28. The van der Waals surface area contributed by atoms with E-state index in [9.17, 15) is 19.7 Å². The monoisotopic (exact) mass is 392 g/mol. The van der Waals surface area contributed by atoms with Crippen LogP contribution in [-0.2, 0) is 9.59 Å². The topological polar surface area (TPSA) is 114 Å². The molecule has 1 unspecified atom stereocenters. The maximum absolute atomic E-state index is 12.4. The number of nitrogens with one attached hydrogen (secondary N) is 1. The number of piperidine rings is 1. The molecule has 1 fully saturated rings. The van der Waals surface area contributed by atoms with Crippen LogP contribution in [-0.4, -0.2) is 52.3 Å². The van der Waals surface area contributed by atoms with Crippen LogP contribution in [0.5, 0.6) is 5.75 Å². The molecule has 10 heteroatoms. The number of likely N-dealkylation sites (tertiary alicyclic amines) is 1. The summed E-state index contributed by atoms with van der Waals surface area (Å²) in [7, 11) is 1.36. The molecule has 0 aliphatic carbocycles. The number of nitrogens with zero attached hydrogens (tertiary/aromatic N) is 3. The molecular formula is C17H20N4O5S. The van der Waals surface area contributed by atoms with E-state index in [0.29, 0.717) is 10.9 Å². The lowest BCUT2D eigenvalue weighted by Crippen LogP contribution is -2.33. The molecule has 27 heavy (non-hydrogen) atoms. The van der Waals surface area contributed by atoms with E-state index < -0.39 is 10.2 Å². The number of thioether (sulfide) groups is 1. The van der Waals surface area contributed by atoms with Crippen molar-refractivity contribution in [1.82, 2.24) is 4.90 Å². The van der Waals surface area contributed by atoms with E-state index in [2.05, 4.69) is 15.2 Å². The lowest BCUT2D eigenvalue weighted by Gasteiger charge is -2.27. The van der Waals surface area contributed by atoms with Gasteiger partial charge >= 0.3 is 0 Å². The third-order valence-corrected chi connectivity index (χ3v) is 5.61. The van der Waals surface area contributed by atoms with E-state index in [4.69, 9.17) is 4.74 Å². The third kappa shape index (κ3) is 4.57. The summed E-state index contributed by atoms with van der Waals surface area (Å²) in [5.41, 5.74) is 0.187. The number of rotatable bonds is 5. The zero-order valence-electron chi connectivity index (χ0n) is 14.8. The van der Waals surface area contributed by atoms with E-state index in [-0.39, 0.29) is 29.7 Å². The summed E-state index contributed by atoms with van der Waals surface area (Å²) in [6.45, 7) is 1.77. The van der Waals surface area contributed by atoms with Gasteiger partial charge in [0, 0.05) is 25.6 Å². The number of non-ortho nitro benzene ring substituents is 1. The van der Waals surface area contributed by atoms with Gasteiger partial charge in [-0.25, -0.2) is 0 Å². The van der Waals surface area contributed by atoms with Crippen LogP contribution in [0, 0.1) is 10.1 Å². The number of ether oxygens (including phenoxy) is 1. The van der Waals surface area contributed by atoms with Crippen molar-refractivity contribution in [2.24, 2.45) is 4.99 Å². The van der Waals surface area contributed by atoms with Crippen molar-refractivity contribution in [3.63, 3.8) is 0 Å². The molecule has 1 N–H and O–H groups in total. The maximum atomic E-state index is 12.4. The van der Waals surface area contributed by atoms with Crippen molar-refractivity contribution in [1.29, 1.82) is 0 Å². The number of carbonyl (C=O) groups is 2. The summed E-state index contributed by atoms with van der Waals surface area (Å²) in [6, 6.07) is 3.93. The zero-order valence-corrected chi connectivity index (χ0v) is 15.7. The molecule has 0 spiro atoms. The molecule has 3 rings (SSSR count). The highest BCUT2D eigenvalue weighted by Crippen LogP contribution is 2.31. The van der Waals surface area contributed by atoms with Crippen LogP contribution in [0.15, 0.2) is 23.2 Å². The van der Waals surface area contributed by atoms with E-state index in [0.717, 1.165) is 25.9 Å². The SMILES string of the molecule is COc1cc([N+](=O)[O-])ccc1NC(=O)CC1SC(N2CCCCC2)=NC1=O. The van der Waals surface area contributed by atoms with E-state index >= 15 is 0 Å². The number of anilines is 1.